The van der Waals surface area contributed by atoms with E-state index in [9.17, 15) is 9.59 Å². The molecule has 17 heavy (non-hydrogen) atoms. The summed E-state index contributed by atoms with van der Waals surface area (Å²) in [6.45, 7) is 3.92. The Bertz CT molecular complexity index is 246. The predicted octanol–water partition coefficient (Wildman–Crippen LogP) is 0.964. The van der Waals surface area contributed by atoms with Crippen molar-refractivity contribution in [1.29, 1.82) is 0 Å². The first-order valence-corrected chi connectivity index (χ1v) is 5.80. The van der Waals surface area contributed by atoms with Crippen LogP contribution < -0.4 is 10.6 Å². The molecule has 2 atom stereocenters. The van der Waals surface area contributed by atoms with Crippen LogP contribution >= 0.6 is 0 Å². The summed E-state index contributed by atoms with van der Waals surface area (Å²) in [6.07, 6.45) is 2.98. The number of hydrogen-bond donors (Lipinski definition) is 3. The minimum absolute atomic E-state index is 0.0342. The van der Waals surface area contributed by atoms with E-state index in [-0.39, 0.29) is 12.6 Å². The number of rotatable bonds is 8. The summed E-state index contributed by atoms with van der Waals surface area (Å²) in [6, 6.07) is -1.46. The number of aliphatic carboxylic acids is 1. The van der Waals surface area contributed by atoms with Crippen LogP contribution in [0.1, 0.15) is 33.1 Å². The van der Waals surface area contributed by atoms with Gasteiger partial charge in [0.25, 0.3) is 0 Å². The molecule has 0 aromatic heterocycles. The van der Waals surface area contributed by atoms with Crippen LogP contribution in [-0.4, -0.2) is 42.9 Å². The number of urea groups is 1. The second-order valence-corrected chi connectivity index (χ2v) is 4.01. The zero-order valence-electron chi connectivity index (χ0n) is 10.7. The lowest BCUT2D eigenvalue weighted by atomic mass is 10.1. The first-order chi connectivity index (χ1) is 8.01. The number of methoxy groups -OCH3 is 1. The molecule has 2 amide bonds. The Labute approximate surface area is 102 Å². The molecule has 100 valence electrons. The zero-order valence-corrected chi connectivity index (χ0v) is 10.7. The standard InChI is InChI=1S/C11H22N2O4/c1-4-5-6-8(2)12-11(16)13-9(7-17-3)10(14)15/h8-9H,4-7H2,1-3H3,(H,14,15)(H2,12,13,16). The van der Waals surface area contributed by atoms with Gasteiger partial charge in [-0.1, -0.05) is 19.8 Å². The lowest BCUT2D eigenvalue weighted by molar-refractivity contribution is -0.140. The van der Waals surface area contributed by atoms with Gasteiger partial charge in [0.05, 0.1) is 6.61 Å². The van der Waals surface area contributed by atoms with E-state index in [4.69, 9.17) is 9.84 Å². The van der Waals surface area contributed by atoms with Crippen LogP contribution in [0.3, 0.4) is 0 Å². The van der Waals surface area contributed by atoms with Crippen LogP contribution in [0.5, 0.6) is 0 Å². The lowest BCUT2D eigenvalue weighted by Gasteiger charge is -2.17. The van der Waals surface area contributed by atoms with Gasteiger partial charge in [-0.05, 0) is 13.3 Å². The SMILES string of the molecule is CCCCC(C)NC(=O)NC(COC)C(=O)O. The smallest absolute Gasteiger partial charge is 0.328 e. The van der Waals surface area contributed by atoms with Gasteiger partial charge in [-0.2, -0.15) is 0 Å². The van der Waals surface area contributed by atoms with Crippen molar-refractivity contribution >= 4 is 12.0 Å². The van der Waals surface area contributed by atoms with Gasteiger partial charge >= 0.3 is 12.0 Å². The Balaban J connectivity index is 4.00. The second kappa shape index (κ2) is 8.81. The van der Waals surface area contributed by atoms with Crippen molar-refractivity contribution in [2.24, 2.45) is 0 Å². The average Bonchev–Trinajstić information content (AvgIpc) is 2.25. The molecule has 0 spiro atoms. The quantitative estimate of drug-likeness (QED) is 0.595. The molecule has 3 N–H and O–H groups in total. The highest BCUT2D eigenvalue weighted by Crippen LogP contribution is 1.99. The number of amides is 2. The van der Waals surface area contributed by atoms with E-state index in [0.717, 1.165) is 19.3 Å². The van der Waals surface area contributed by atoms with Gasteiger partial charge in [0.1, 0.15) is 0 Å². The normalized spacial score (nSPS) is 13.8. The monoisotopic (exact) mass is 246 g/mol. The van der Waals surface area contributed by atoms with Gasteiger partial charge in [0, 0.05) is 13.2 Å². The molecule has 0 fully saturated rings. The minimum atomic E-state index is -1.11. The number of carbonyl (C=O) groups excluding carboxylic acids is 1. The molecule has 0 saturated heterocycles. The van der Waals surface area contributed by atoms with E-state index in [0.29, 0.717) is 0 Å². The van der Waals surface area contributed by atoms with Crippen molar-refractivity contribution in [1.82, 2.24) is 10.6 Å². The Morgan fingerprint density at radius 1 is 1.35 bits per heavy atom. The van der Waals surface area contributed by atoms with Crippen molar-refractivity contribution < 1.29 is 19.4 Å². The average molecular weight is 246 g/mol. The number of ether oxygens (including phenoxy) is 1. The molecule has 0 aromatic rings. The van der Waals surface area contributed by atoms with E-state index < -0.39 is 18.0 Å². The molecule has 6 nitrogen and oxygen atoms in total. The van der Waals surface area contributed by atoms with E-state index in [1.54, 1.807) is 0 Å². The number of nitrogens with one attached hydrogen (secondary N) is 2. The van der Waals surface area contributed by atoms with E-state index >= 15 is 0 Å². The molecule has 0 aromatic carbocycles. The number of carboxylic acids is 1. The number of hydrogen-bond acceptors (Lipinski definition) is 3. The molecule has 6 heteroatoms. The molecule has 0 aliphatic rings. The first kappa shape index (κ1) is 15.7. The van der Waals surface area contributed by atoms with Crippen LogP contribution in [-0.2, 0) is 9.53 Å². The summed E-state index contributed by atoms with van der Waals surface area (Å²) in [5, 5.41) is 13.8. The number of unbranched alkanes of at least 4 members (excludes halogenated alkanes) is 1. The van der Waals surface area contributed by atoms with Gasteiger partial charge in [-0.3, -0.25) is 0 Å². The van der Waals surface area contributed by atoms with Crippen molar-refractivity contribution in [3.8, 4) is 0 Å². The lowest BCUT2D eigenvalue weighted by Crippen LogP contribution is -2.50. The fourth-order valence-corrected chi connectivity index (χ4v) is 1.35. The predicted molar refractivity (Wildman–Crippen MR) is 64.0 cm³/mol. The van der Waals surface area contributed by atoms with E-state index in [1.165, 1.54) is 7.11 Å². The topological polar surface area (TPSA) is 87.7 Å². The molecule has 0 heterocycles. The van der Waals surface area contributed by atoms with Crippen molar-refractivity contribution in [2.75, 3.05) is 13.7 Å². The van der Waals surface area contributed by atoms with Gasteiger partial charge in [0.2, 0.25) is 0 Å². The van der Waals surface area contributed by atoms with Crippen LogP contribution in [0.15, 0.2) is 0 Å². The summed E-state index contributed by atoms with van der Waals surface area (Å²) in [7, 11) is 1.39. The highest BCUT2D eigenvalue weighted by Gasteiger charge is 2.20. The molecule has 0 aliphatic carbocycles. The molecular weight excluding hydrogens is 224 g/mol. The highest BCUT2D eigenvalue weighted by atomic mass is 16.5. The summed E-state index contributed by atoms with van der Waals surface area (Å²) < 4.78 is 4.71. The third-order valence-corrected chi connectivity index (χ3v) is 2.30. The molecule has 0 saturated carbocycles. The largest absolute Gasteiger partial charge is 0.480 e. The molecule has 0 aliphatic heterocycles. The van der Waals surface area contributed by atoms with Gasteiger partial charge in [-0.15, -0.1) is 0 Å². The third-order valence-electron chi connectivity index (χ3n) is 2.30. The summed E-state index contributed by atoms with van der Waals surface area (Å²) in [4.78, 5) is 22.2. The van der Waals surface area contributed by atoms with Crippen molar-refractivity contribution in [3.05, 3.63) is 0 Å². The van der Waals surface area contributed by atoms with Crippen LogP contribution in [0.25, 0.3) is 0 Å². The van der Waals surface area contributed by atoms with Gasteiger partial charge in [0.15, 0.2) is 6.04 Å². The summed E-state index contributed by atoms with van der Waals surface area (Å²) in [5.74, 6) is -1.11. The molecular formula is C11H22N2O4. The summed E-state index contributed by atoms with van der Waals surface area (Å²) in [5.41, 5.74) is 0. The van der Waals surface area contributed by atoms with Gasteiger partial charge in [-0.25, -0.2) is 9.59 Å². The fourth-order valence-electron chi connectivity index (χ4n) is 1.35. The minimum Gasteiger partial charge on any atom is -0.480 e. The zero-order chi connectivity index (χ0) is 13.3. The van der Waals surface area contributed by atoms with Crippen LogP contribution in [0.4, 0.5) is 4.79 Å². The molecule has 2 unspecified atom stereocenters. The van der Waals surface area contributed by atoms with Crippen LogP contribution in [0, 0.1) is 0 Å². The Hall–Kier alpha value is -1.30. The molecule has 0 bridgehead atoms. The van der Waals surface area contributed by atoms with Crippen molar-refractivity contribution in [2.45, 2.75) is 45.2 Å². The number of carboxylic acid groups (broad SMARTS) is 1. The van der Waals surface area contributed by atoms with E-state index in [1.807, 2.05) is 6.92 Å². The molecule has 0 rings (SSSR count). The Morgan fingerprint density at radius 3 is 2.47 bits per heavy atom. The fraction of sp³-hybridized carbons (Fsp3) is 0.818. The Kier molecular flexibility index (Phi) is 8.13. The number of carbonyl (C=O) groups is 2. The summed E-state index contributed by atoms with van der Waals surface area (Å²) >= 11 is 0. The van der Waals surface area contributed by atoms with Crippen molar-refractivity contribution in [3.63, 3.8) is 0 Å². The first-order valence-electron chi connectivity index (χ1n) is 5.80. The maximum atomic E-state index is 11.5. The highest BCUT2D eigenvalue weighted by molar-refractivity contribution is 5.82. The van der Waals surface area contributed by atoms with Gasteiger partial charge < -0.3 is 20.5 Å². The third kappa shape index (κ3) is 7.57. The van der Waals surface area contributed by atoms with Crippen LogP contribution in [0.2, 0.25) is 0 Å². The second-order valence-electron chi connectivity index (χ2n) is 4.01. The maximum absolute atomic E-state index is 11.5. The molecule has 0 radical (unpaired) electrons. The maximum Gasteiger partial charge on any atom is 0.328 e. The van der Waals surface area contributed by atoms with E-state index in [2.05, 4.69) is 17.6 Å². The Morgan fingerprint density at radius 2 is 2.00 bits per heavy atom.